The summed E-state index contributed by atoms with van der Waals surface area (Å²) in [6, 6.07) is 12.3. The Morgan fingerprint density at radius 2 is 1.96 bits per heavy atom. The van der Waals surface area contributed by atoms with Crippen LogP contribution in [0.25, 0.3) is 0 Å². The Hall–Kier alpha value is -2.15. The number of hydrogen-bond donors (Lipinski definition) is 1. The molecule has 0 aromatic heterocycles. The Morgan fingerprint density at radius 3 is 2.68 bits per heavy atom. The van der Waals surface area contributed by atoms with E-state index in [1.807, 2.05) is 25.1 Å². The van der Waals surface area contributed by atoms with E-state index in [0.29, 0.717) is 23.5 Å². The van der Waals surface area contributed by atoms with Crippen molar-refractivity contribution in [2.75, 3.05) is 17.6 Å². The monoisotopic (exact) mass is 366 g/mol. The molecule has 1 aliphatic heterocycles. The van der Waals surface area contributed by atoms with Crippen LogP contribution in [0.1, 0.15) is 22.1 Å². The molecule has 1 unspecified atom stereocenters. The van der Waals surface area contributed by atoms with Gasteiger partial charge in [-0.05, 0) is 36.2 Å². The summed E-state index contributed by atoms with van der Waals surface area (Å²) in [5, 5.41) is 2.42. The molecule has 132 valence electrons. The average Bonchev–Trinajstić information content (AvgIpc) is 3.06. The molecule has 1 heterocycles. The van der Waals surface area contributed by atoms with Crippen molar-refractivity contribution in [1.82, 2.24) is 4.90 Å². The van der Waals surface area contributed by atoms with Gasteiger partial charge < -0.3 is 10.2 Å². The number of hydrogen-bond acceptors (Lipinski definition) is 2. The smallest absolute Gasteiger partial charge is 0.308 e. The summed E-state index contributed by atoms with van der Waals surface area (Å²) in [6.45, 7) is 2.38. The molecule has 2 aromatic rings. The van der Waals surface area contributed by atoms with Crippen LogP contribution in [0.15, 0.2) is 48.5 Å². The zero-order valence-electron chi connectivity index (χ0n) is 13.5. The third-order valence-electron chi connectivity index (χ3n) is 4.04. The van der Waals surface area contributed by atoms with Crippen LogP contribution in [0.5, 0.6) is 0 Å². The molecule has 0 saturated carbocycles. The fourth-order valence-electron chi connectivity index (χ4n) is 2.72. The first-order valence-corrected chi connectivity index (χ1v) is 8.83. The maximum absolute atomic E-state index is 12.9. The first-order chi connectivity index (χ1) is 11.9. The molecule has 0 aliphatic carbocycles. The number of nitrogens with one attached hydrogen (secondary N) is 1. The lowest BCUT2D eigenvalue weighted by Gasteiger charge is -2.25. The van der Waals surface area contributed by atoms with Gasteiger partial charge in [0.1, 0.15) is 5.37 Å². The molecular weight excluding hydrogens is 349 g/mol. The standard InChI is InChI=1S/C18H17F3N2OS/c1-12-5-2-3-8-15(12)22-17(24)23-9-10-25-16(23)13-6-4-7-14(11-13)18(19,20)21/h2-8,11,16H,9-10H2,1H3,(H,22,24). The lowest BCUT2D eigenvalue weighted by atomic mass is 10.1. The number of carbonyl (C=O) groups excluding carboxylic acids is 1. The molecule has 0 radical (unpaired) electrons. The van der Waals surface area contributed by atoms with Gasteiger partial charge in [0.25, 0.3) is 0 Å². The van der Waals surface area contributed by atoms with Gasteiger partial charge in [0.15, 0.2) is 0 Å². The maximum atomic E-state index is 12.9. The normalized spacial score (nSPS) is 17.6. The minimum absolute atomic E-state index is 0.304. The van der Waals surface area contributed by atoms with Gasteiger partial charge in [-0.15, -0.1) is 11.8 Å². The molecule has 1 atom stereocenters. The number of aryl methyl sites for hydroxylation is 1. The van der Waals surface area contributed by atoms with Crippen LogP contribution in [0.2, 0.25) is 0 Å². The fraction of sp³-hybridized carbons (Fsp3) is 0.278. The topological polar surface area (TPSA) is 32.3 Å². The summed E-state index contributed by atoms with van der Waals surface area (Å²) in [5.74, 6) is 0.683. The van der Waals surface area contributed by atoms with Crippen molar-refractivity contribution >= 4 is 23.5 Å². The van der Waals surface area contributed by atoms with Crippen molar-refractivity contribution in [2.24, 2.45) is 0 Å². The summed E-state index contributed by atoms with van der Waals surface area (Å²) < 4.78 is 38.8. The predicted octanol–water partition coefficient (Wildman–Crippen LogP) is 5.29. The molecule has 1 saturated heterocycles. The van der Waals surface area contributed by atoms with Gasteiger partial charge >= 0.3 is 12.2 Å². The van der Waals surface area contributed by atoms with Crippen LogP contribution in [0.3, 0.4) is 0 Å². The number of thioether (sulfide) groups is 1. The molecule has 2 aromatic carbocycles. The molecule has 25 heavy (non-hydrogen) atoms. The van der Waals surface area contributed by atoms with E-state index in [9.17, 15) is 18.0 Å². The third kappa shape index (κ3) is 3.92. The third-order valence-corrected chi connectivity index (χ3v) is 5.30. The molecular formula is C18H17F3N2OS. The predicted molar refractivity (Wildman–Crippen MR) is 93.5 cm³/mol. The highest BCUT2D eigenvalue weighted by Gasteiger charge is 2.34. The second-order valence-electron chi connectivity index (χ2n) is 5.78. The number of para-hydroxylation sites is 1. The van der Waals surface area contributed by atoms with Crippen molar-refractivity contribution in [1.29, 1.82) is 0 Å². The Labute approximate surface area is 148 Å². The number of amides is 2. The zero-order chi connectivity index (χ0) is 18.0. The van der Waals surface area contributed by atoms with Gasteiger partial charge in [-0.1, -0.05) is 30.3 Å². The van der Waals surface area contributed by atoms with Crippen LogP contribution < -0.4 is 5.32 Å². The molecule has 2 amide bonds. The van der Waals surface area contributed by atoms with Crippen LogP contribution in [0, 0.1) is 6.92 Å². The molecule has 1 aliphatic rings. The molecule has 0 spiro atoms. The maximum Gasteiger partial charge on any atom is 0.416 e. The van der Waals surface area contributed by atoms with E-state index in [0.717, 1.165) is 17.7 Å². The number of halogens is 3. The van der Waals surface area contributed by atoms with Gasteiger partial charge in [0.2, 0.25) is 0 Å². The number of benzene rings is 2. The van der Waals surface area contributed by atoms with Gasteiger partial charge in [0, 0.05) is 18.0 Å². The van der Waals surface area contributed by atoms with Crippen molar-refractivity contribution < 1.29 is 18.0 Å². The quantitative estimate of drug-likeness (QED) is 0.783. The molecule has 3 rings (SSSR count). The Balaban J connectivity index is 1.81. The second-order valence-corrected chi connectivity index (χ2v) is 6.97. The average molecular weight is 366 g/mol. The second kappa shape index (κ2) is 7.00. The van der Waals surface area contributed by atoms with Crippen molar-refractivity contribution in [3.8, 4) is 0 Å². The van der Waals surface area contributed by atoms with E-state index in [1.54, 1.807) is 17.0 Å². The van der Waals surface area contributed by atoms with Gasteiger partial charge in [0.05, 0.1) is 5.56 Å². The molecule has 0 bridgehead atoms. The van der Waals surface area contributed by atoms with E-state index in [2.05, 4.69) is 5.32 Å². The summed E-state index contributed by atoms with van der Waals surface area (Å²) in [7, 11) is 0. The molecule has 3 nitrogen and oxygen atoms in total. The number of urea groups is 1. The number of rotatable bonds is 2. The molecule has 7 heteroatoms. The number of alkyl halides is 3. The largest absolute Gasteiger partial charge is 0.416 e. The summed E-state index contributed by atoms with van der Waals surface area (Å²) in [4.78, 5) is 14.2. The van der Waals surface area contributed by atoms with E-state index < -0.39 is 17.1 Å². The summed E-state index contributed by atoms with van der Waals surface area (Å²) in [6.07, 6.45) is -4.40. The SMILES string of the molecule is Cc1ccccc1NC(=O)N1CCSC1c1cccc(C(F)(F)F)c1. The minimum atomic E-state index is -4.40. The van der Waals surface area contributed by atoms with Gasteiger partial charge in [-0.3, -0.25) is 0 Å². The van der Waals surface area contributed by atoms with Crippen molar-refractivity contribution in [3.05, 3.63) is 65.2 Å². The van der Waals surface area contributed by atoms with Crippen LogP contribution >= 0.6 is 11.8 Å². The van der Waals surface area contributed by atoms with E-state index in [1.165, 1.54) is 17.8 Å². The van der Waals surface area contributed by atoms with Gasteiger partial charge in [-0.25, -0.2) is 4.79 Å². The van der Waals surface area contributed by atoms with E-state index in [4.69, 9.17) is 0 Å². The molecule has 1 N–H and O–H groups in total. The highest BCUT2D eigenvalue weighted by molar-refractivity contribution is 7.99. The Morgan fingerprint density at radius 1 is 1.20 bits per heavy atom. The highest BCUT2D eigenvalue weighted by Crippen LogP contribution is 2.40. The van der Waals surface area contributed by atoms with E-state index in [-0.39, 0.29) is 6.03 Å². The number of carbonyl (C=O) groups is 1. The van der Waals surface area contributed by atoms with Crippen LogP contribution in [0.4, 0.5) is 23.7 Å². The Kier molecular flexibility index (Phi) is 4.94. The van der Waals surface area contributed by atoms with Gasteiger partial charge in [-0.2, -0.15) is 13.2 Å². The van der Waals surface area contributed by atoms with Crippen molar-refractivity contribution in [3.63, 3.8) is 0 Å². The van der Waals surface area contributed by atoms with Crippen LogP contribution in [-0.2, 0) is 6.18 Å². The first-order valence-electron chi connectivity index (χ1n) is 7.78. The lowest BCUT2D eigenvalue weighted by Crippen LogP contribution is -2.34. The molecule has 1 fully saturated rings. The fourth-order valence-corrected chi connectivity index (χ4v) is 3.97. The van der Waals surface area contributed by atoms with Crippen molar-refractivity contribution in [2.45, 2.75) is 18.5 Å². The number of nitrogens with zero attached hydrogens (tertiary/aromatic N) is 1. The summed E-state index contributed by atoms with van der Waals surface area (Å²) in [5.41, 5.74) is 1.42. The lowest BCUT2D eigenvalue weighted by molar-refractivity contribution is -0.137. The zero-order valence-corrected chi connectivity index (χ0v) is 14.3. The number of anilines is 1. The van der Waals surface area contributed by atoms with Crippen LogP contribution in [-0.4, -0.2) is 23.2 Å². The highest BCUT2D eigenvalue weighted by atomic mass is 32.2. The van der Waals surface area contributed by atoms with E-state index >= 15 is 0 Å². The Bertz CT molecular complexity index is 779. The first kappa shape index (κ1) is 17.7. The minimum Gasteiger partial charge on any atom is -0.308 e. The summed E-state index contributed by atoms with van der Waals surface area (Å²) >= 11 is 1.46.